The van der Waals surface area contributed by atoms with E-state index in [1.165, 1.54) is 11.6 Å². The van der Waals surface area contributed by atoms with E-state index in [2.05, 4.69) is 20.9 Å². The highest BCUT2D eigenvalue weighted by atomic mass is 19.1. The monoisotopic (exact) mass is 448 g/mol. The summed E-state index contributed by atoms with van der Waals surface area (Å²) in [5.74, 6) is 0.822. The van der Waals surface area contributed by atoms with E-state index >= 15 is 0 Å². The van der Waals surface area contributed by atoms with Crippen LogP contribution in [0.25, 0.3) is 27.4 Å². The number of methoxy groups -OCH3 is 2. The maximum Gasteiger partial charge on any atom is 0.261 e. The molecular weight excluding hydrogens is 423 g/mol. The van der Waals surface area contributed by atoms with Gasteiger partial charge < -0.3 is 14.5 Å². The second kappa shape index (κ2) is 8.71. The number of H-pyrrole nitrogens is 1. The standard InChI is InChI=1S/C25H25FN4O3/c1-32-23-12-19-22(13-24(23)33-2)28-15-30(25(19)31)10-9-29-7-5-16(6-8-29)20-14-27-21-4-3-17(26)11-18(20)21/h3-5,11-15,27H,6-10H2,1-2H3. The van der Waals surface area contributed by atoms with E-state index < -0.39 is 0 Å². The van der Waals surface area contributed by atoms with Crippen molar-refractivity contribution in [2.45, 2.75) is 13.0 Å². The van der Waals surface area contributed by atoms with Crippen LogP contribution in [0.2, 0.25) is 0 Å². The Morgan fingerprint density at radius 3 is 2.67 bits per heavy atom. The Balaban J connectivity index is 1.30. The summed E-state index contributed by atoms with van der Waals surface area (Å²) >= 11 is 0. The molecule has 0 aliphatic carbocycles. The van der Waals surface area contributed by atoms with Gasteiger partial charge in [0.25, 0.3) is 5.56 Å². The number of fused-ring (bicyclic) bond motifs is 2. The highest BCUT2D eigenvalue weighted by Crippen LogP contribution is 2.31. The maximum absolute atomic E-state index is 13.7. The Bertz CT molecular complexity index is 1420. The average molecular weight is 448 g/mol. The lowest BCUT2D eigenvalue weighted by molar-refractivity contribution is 0.287. The molecule has 170 valence electrons. The largest absolute Gasteiger partial charge is 0.493 e. The van der Waals surface area contributed by atoms with Crippen LogP contribution in [-0.4, -0.2) is 53.3 Å². The maximum atomic E-state index is 13.7. The van der Waals surface area contributed by atoms with Crippen LogP contribution in [0, 0.1) is 5.82 Å². The van der Waals surface area contributed by atoms with E-state index in [0.29, 0.717) is 28.9 Å². The van der Waals surface area contributed by atoms with Gasteiger partial charge in [-0.2, -0.15) is 0 Å². The fourth-order valence-corrected chi connectivity index (χ4v) is 4.41. The Hall–Kier alpha value is -3.65. The molecule has 4 aromatic rings. The second-order valence-corrected chi connectivity index (χ2v) is 8.14. The number of rotatable bonds is 6. The van der Waals surface area contributed by atoms with Gasteiger partial charge in [0.15, 0.2) is 11.5 Å². The van der Waals surface area contributed by atoms with Crippen LogP contribution in [0.15, 0.2) is 53.7 Å². The lowest BCUT2D eigenvalue weighted by Crippen LogP contribution is -2.34. The van der Waals surface area contributed by atoms with Crippen LogP contribution < -0.4 is 15.0 Å². The summed E-state index contributed by atoms with van der Waals surface area (Å²) in [6.07, 6.45) is 6.60. The fraction of sp³-hybridized carbons (Fsp3) is 0.280. The van der Waals surface area contributed by atoms with E-state index in [0.717, 1.165) is 42.5 Å². The van der Waals surface area contributed by atoms with Crippen LogP contribution in [0.4, 0.5) is 4.39 Å². The molecular formula is C25H25FN4O3. The molecule has 0 saturated carbocycles. The van der Waals surface area contributed by atoms with E-state index in [4.69, 9.17) is 9.47 Å². The number of aromatic nitrogens is 3. The van der Waals surface area contributed by atoms with Crippen molar-refractivity contribution in [3.8, 4) is 11.5 Å². The third-order valence-corrected chi connectivity index (χ3v) is 6.27. The number of nitrogens with one attached hydrogen (secondary N) is 1. The zero-order valence-corrected chi connectivity index (χ0v) is 18.6. The summed E-state index contributed by atoms with van der Waals surface area (Å²) in [6.45, 7) is 2.91. The number of halogens is 1. The van der Waals surface area contributed by atoms with Crippen molar-refractivity contribution in [3.05, 3.63) is 70.7 Å². The van der Waals surface area contributed by atoms with Crippen LogP contribution in [0.5, 0.6) is 11.5 Å². The molecule has 7 nitrogen and oxygen atoms in total. The van der Waals surface area contributed by atoms with Crippen LogP contribution >= 0.6 is 0 Å². The first-order chi connectivity index (χ1) is 16.1. The summed E-state index contributed by atoms with van der Waals surface area (Å²) in [5, 5.41) is 1.41. The van der Waals surface area contributed by atoms with Gasteiger partial charge in [-0.1, -0.05) is 6.08 Å². The first kappa shape index (κ1) is 21.2. The summed E-state index contributed by atoms with van der Waals surface area (Å²) in [7, 11) is 3.10. The van der Waals surface area contributed by atoms with Crippen molar-refractivity contribution in [3.63, 3.8) is 0 Å². The molecule has 2 aromatic heterocycles. The van der Waals surface area contributed by atoms with E-state index in [-0.39, 0.29) is 11.4 Å². The van der Waals surface area contributed by atoms with Crippen molar-refractivity contribution < 1.29 is 13.9 Å². The number of hydrogen-bond donors (Lipinski definition) is 1. The molecule has 0 fully saturated rings. The molecule has 0 radical (unpaired) electrons. The van der Waals surface area contributed by atoms with Crippen LogP contribution in [-0.2, 0) is 6.54 Å². The summed E-state index contributed by atoms with van der Waals surface area (Å²) in [6, 6.07) is 8.21. The van der Waals surface area contributed by atoms with Gasteiger partial charge in [-0.3, -0.25) is 14.3 Å². The zero-order chi connectivity index (χ0) is 22.9. The third kappa shape index (κ3) is 3.98. The first-order valence-corrected chi connectivity index (χ1v) is 10.9. The number of benzene rings is 2. The minimum Gasteiger partial charge on any atom is -0.493 e. The summed E-state index contributed by atoms with van der Waals surface area (Å²) < 4.78 is 26.0. The van der Waals surface area contributed by atoms with Crippen molar-refractivity contribution in [2.75, 3.05) is 33.9 Å². The average Bonchev–Trinajstić information content (AvgIpc) is 3.26. The Labute approximate surface area is 190 Å². The van der Waals surface area contributed by atoms with Crippen molar-refractivity contribution in [2.24, 2.45) is 0 Å². The Morgan fingerprint density at radius 2 is 1.91 bits per heavy atom. The molecule has 3 heterocycles. The second-order valence-electron chi connectivity index (χ2n) is 8.14. The van der Waals surface area contributed by atoms with Gasteiger partial charge in [0.1, 0.15) is 5.82 Å². The number of hydrogen-bond acceptors (Lipinski definition) is 5. The zero-order valence-electron chi connectivity index (χ0n) is 18.6. The van der Waals surface area contributed by atoms with Gasteiger partial charge in [-0.25, -0.2) is 9.37 Å². The molecule has 0 unspecified atom stereocenters. The lowest BCUT2D eigenvalue weighted by Gasteiger charge is -2.26. The molecule has 1 aliphatic heterocycles. The molecule has 0 saturated heterocycles. The summed E-state index contributed by atoms with van der Waals surface area (Å²) in [4.78, 5) is 22.9. The molecule has 0 amide bonds. The topological polar surface area (TPSA) is 72.4 Å². The molecule has 33 heavy (non-hydrogen) atoms. The minimum absolute atomic E-state index is 0.102. The van der Waals surface area contributed by atoms with E-state index in [1.54, 1.807) is 49.4 Å². The number of ether oxygens (including phenoxy) is 2. The molecule has 0 spiro atoms. The molecule has 8 heteroatoms. The Kier molecular flexibility index (Phi) is 5.60. The molecule has 0 atom stereocenters. The predicted octanol–water partition coefficient (Wildman–Crippen LogP) is 3.82. The number of nitrogens with zero attached hydrogens (tertiary/aromatic N) is 3. The SMILES string of the molecule is COc1cc2ncn(CCN3CC=C(c4c[nH]c5ccc(F)cc45)CC3)c(=O)c2cc1OC. The molecule has 1 aliphatic rings. The van der Waals surface area contributed by atoms with Gasteiger partial charge in [-0.05, 0) is 36.3 Å². The first-order valence-electron chi connectivity index (χ1n) is 10.9. The van der Waals surface area contributed by atoms with Crippen molar-refractivity contribution in [1.82, 2.24) is 19.4 Å². The van der Waals surface area contributed by atoms with Crippen molar-refractivity contribution >= 4 is 27.4 Å². The number of aromatic amines is 1. The Morgan fingerprint density at radius 1 is 1.09 bits per heavy atom. The van der Waals surface area contributed by atoms with Gasteiger partial charge >= 0.3 is 0 Å². The van der Waals surface area contributed by atoms with Gasteiger partial charge in [0.2, 0.25) is 0 Å². The fourth-order valence-electron chi connectivity index (χ4n) is 4.41. The molecule has 1 N–H and O–H groups in total. The van der Waals surface area contributed by atoms with Crippen LogP contribution in [0.3, 0.4) is 0 Å². The van der Waals surface area contributed by atoms with E-state index in [9.17, 15) is 9.18 Å². The predicted molar refractivity (Wildman–Crippen MR) is 126 cm³/mol. The normalized spacial score (nSPS) is 14.6. The van der Waals surface area contributed by atoms with Gasteiger partial charge in [0.05, 0.1) is 31.4 Å². The molecule has 0 bridgehead atoms. The quantitative estimate of drug-likeness (QED) is 0.486. The lowest BCUT2D eigenvalue weighted by atomic mass is 9.99. The van der Waals surface area contributed by atoms with E-state index in [1.807, 2.05) is 6.20 Å². The third-order valence-electron chi connectivity index (χ3n) is 6.27. The smallest absolute Gasteiger partial charge is 0.261 e. The van der Waals surface area contributed by atoms with Crippen molar-refractivity contribution in [1.29, 1.82) is 0 Å². The molecule has 2 aromatic carbocycles. The molecule has 5 rings (SSSR count). The van der Waals surface area contributed by atoms with Crippen LogP contribution in [0.1, 0.15) is 12.0 Å². The highest BCUT2D eigenvalue weighted by molar-refractivity contribution is 5.92. The summed E-state index contributed by atoms with van der Waals surface area (Å²) in [5.41, 5.74) is 3.69. The minimum atomic E-state index is -0.230. The highest BCUT2D eigenvalue weighted by Gasteiger charge is 2.17. The van der Waals surface area contributed by atoms with Gasteiger partial charge in [-0.15, -0.1) is 0 Å². The van der Waals surface area contributed by atoms with Gasteiger partial charge in [0, 0.05) is 54.9 Å².